The third-order valence-corrected chi connectivity index (χ3v) is 1.71. The van der Waals surface area contributed by atoms with Gasteiger partial charge in [0.25, 0.3) is 0 Å². The van der Waals surface area contributed by atoms with Gasteiger partial charge < -0.3 is 10.5 Å². The maximum Gasteiger partial charge on any atom is 0.165 e. The molecule has 3 heteroatoms. The summed E-state index contributed by atoms with van der Waals surface area (Å²) in [4.78, 5) is 0. The van der Waals surface area contributed by atoms with E-state index in [4.69, 9.17) is 10.5 Å². The molecule has 0 aromatic heterocycles. The molecule has 0 fully saturated rings. The maximum atomic E-state index is 13.1. The van der Waals surface area contributed by atoms with Crippen LogP contribution in [0.3, 0.4) is 0 Å². The summed E-state index contributed by atoms with van der Waals surface area (Å²) < 4.78 is 18.5. The van der Waals surface area contributed by atoms with E-state index in [1.165, 1.54) is 6.07 Å². The number of benzene rings is 1. The van der Waals surface area contributed by atoms with Crippen molar-refractivity contribution in [1.29, 1.82) is 0 Å². The molecular weight excluding hydrogens is 169 g/mol. The number of hydrogen-bond acceptors (Lipinski definition) is 2. The monoisotopic (exact) mass is 183 g/mol. The topological polar surface area (TPSA) is 35.2 Å². The molecule has 0 unspecified atom stereocenters. The first-order valence-electron chi connectivity index (χ1n) is 4.19. The summed E-state index contributed by atoms with van der Waals surface area (Å²) in [6.45, 7) is 3.99. The SMILES string of the molecule is CC(C)(CN)Oc1ccccc1F. The molecule has 1 rings (SSSR count). The average molecular weight is 183 g/mol. The van der Waals surface area contributed by atoms with Gasteiger partial charge in [0.05, 0.1) is 0 Å². The first-order chi connectivity index (χ1) is 6.05. The van der Waals surface area contributed by atoms with Gasteiger partial charge in [0.15, 0.2) is 11.6 Å². The van der Waals surface area contributed by atoms with Crippen LogP contribution in [0, 0.1) is 5.82 Å². The van der Waals surface area contributed by atoms with Gasteiger partial charge in [-0.2, -0.15) is 0 Å². The van der Waals surface area contributed by atoms with Crippen molar-refractivity contribution in [2.75, 3.05) is 6.54 Å². The summed E-state index contributed by atoms with van der Waals surface area (Å²) in [6.07, 6.45) is 0. The van der Waals surface area contributed by atoms with Crippen molar-refractivity contribution in [3.63, 3.8) is 0 Å². The molecule has 1 aromatic rings. The number of rotatable bonds is 3. The maximum absolute atomic E-state index is 13.1. The predicted molar refractivity (Wildman–Crippen MR) is 50.2 cm³/mol. The second-order valence-corrected chi connectivity index (χ2v) is 3.50. The van der Waals surface area contributed by atoms with Crippen LogP contribution < -0.4 is 10.5 Å². The zero-order valence-electron chi connectivity index (χ0n) is 7.88. The molecule has 0 amide bonds. The number of para-hydroxylation sites is 1. The Hall–Kier alpha value is -1.09. The van der Waals surface area contributed by atoms with Gasteiger partial charge in [0, 0.05) is 6.54 Å². The van der Waals surface area contributed by atoms with Crippen LogP contribution in [0.15, 0.2) is 24.3 Å². The second kappa shape index (κ2) is 3.75. The first-order valence-corrected chi connectivity index (χ1v) is 4.19. The molecule has 0 aliphatic heterocycles. The van der Waals surface area contributed by atoms with Crippen LogP contribution in [0.1, 0.15) is 13.8 Å². The number of halogens is 1. The first kappa shape index (κ1) is 9.99. The third kappa shape index (κ3) is 2.70. The summed E-state index contributed by atoms with van der Waals surface area (Å²) in [5.74, 6) is -0.109. The quantitative estimate of drug-likeness (QED) is 0.777. The molecule has 2 nitrogen and oxygen atoms in total. The molecule has 0 aliphatic rings. The molecule has 0 bridgehead atoms. The smallest absolute Gasteiger partial charge is 0.165 e. The molecule has 2 N–H and O–H groups in total. The van der Waals surface area contributed by atoms with E-state index in [1.807, 2.05) is 13.8 Å². The van der Waals surface area contributed by atoms with Crippen LogP contribution in [-0.4, -0.2) is 12.1 Å². The highest BCUT2D eigenvalue weighted by Gasteiger charge is 2.18. The lowest BCUT2D eigenvalue weighted by molar-refractivity contribution is 0.113. The van der Waals surface area contributed by atoms with Gasteiger partial charge in [0.2, 0.25) is 0 Å². The molecule has 1 aromatic carbocycles. The van der Waals surface area contributed by atoms with E-state index in [9.17, 15) is 4.39 Å². The van der Waals surface area contributed by atoms with Crippen LogP contribution in [0.4, 0.5) is 4.39 Å². The lowest BCUT2D eigenvalue weighted by Crippen LogP contribution is -2.37. The fourth-order valence-corrected chi connectivity index (χ4v) is 0.867. The van der Waals surface area contributed by atoms with Crippen molar-refractivity contribution < 1.29 is 9.13 Å². The van der Waals surface area contributed by atoms with Crippen LogP contribution in [0.25, 0.3) is 0 Å². The van der Waals surface area contributed by atoms with Gasteiger partial charge in [0.1, 0.15) is 5.60 Å². The van der Waals surface area contributed by atoms with Crippen molar-refractivity contribution in [2.24, 2.45) is 5.73 Å². The van der Waals surface area contributed by atoms with E-state index in [2.05, 4.69) is 0 Å². The predicted octanol–water partition coefficient (Wildman–Crippen LogP) is 1.94. The summed E-state index contributed by atoms with van der Waals surface area (Å²) >= 11 is 0. The minimum absolute atomic E-state index is 0.248. The van der Waals surface area contributed by atoms with E-state index in [0.29, 0.717) is 6.54 Å². The lowest BCUT2D eigenvalue weighted by Gasteiger charge is -2.24. The molecule has 0 spiro atoms. The Morgan fingerprint density at radius 3 is 2.54 bits per heavy atom. The Balaban J connectivity index is 2.80. The van der Waals surface area contributed by atoms with Crippen molar-refractivity contribution in [1.82, 2.24) is 0 Å². The highest BCUT2D eigenvalue weighted by molar-refractivity contribution is 5.24. The van der Waals surface area contributed by atoms with Gasteiger partial charge in [-0.25, -0.2) is 4.39 Å². The highest BCUT2D eigenvalue weighted by Crippen LogP contribution is 2.20. The van der Waals surface area contributed by atoms with Crippen molar-refractivity contribution in [3.8, 4) is 5.75 Å². The molecule has 72 valence electrons. The van der Waals surface area contributed by atoms with E-state index in [-0.39, 0.29) is 11.6 Å². The standard InChI is InChI=1S/C10H14FNO/c1-10(2,7-12)13-9-6-4-3-5-8(9)11/h3-6H,7,12H2,1-2H3. The molecule has 0 saturated heterocycles. The Kier molecular flexibility index (Phi) is 2.88. The van der Waals surface area contributed by atoms with Crippen LogP contribution in [0.5, 0.6) is 5.75 Å². The van der Waals surface area contributed by atoms with Gasteiger partial charge in [-0.3, -0.25) is 0 Å². The van der Waals surface area contributed by atoms with Crippen molar-refractivity contribution >= 4 is 0 Å². The fourth-order valence-electron chi connectivity index (χ4n) is 0.867. The Morgan fingerprint density at radius 2 is 2.00 bits per heavy atom. The lowest BCUT2D eigenvalue weighted by atomic mass is 10.1. The molecule has 0 atom stereocenters. The highest BCUT2D eigenvalue weighted by atomic mass is 19.1. The van der Waals surface area contributed by atoms with Crippen LogP contribution in [0.2, 0.25) is 0 Å². The van der Waals surface area contributed by atoms with E-state index in [0.717, 1.165) is 0 Å². The zero-order chi connectivity index (χ0) is 9.90. The normalized spacial score (nSPS) is 11.4. The largest absolute Gasteiger partial charge is 0.483 e. The summed E-state index contributed by atoms with van der Waals surface area (Å²) in [6, 6.07) is 6.30. The number of nitrogens with two attached hydrogens (primary N) is 1. The van der Waals surface area contributed by atoms with E-state index < -0.39 is 5.60 Å². The second-order valence-electron chi connectivity index (χ2n) is 3.50. The Bertz CT molecular complexity index is 286. The molecule has 0 heterocycles. The Labute approximate surface area is 77.5 Å². The number of hydrogen-bond donors (Lipinski definition) is 1. The zero-order valence-corrected chi connectivity index (χ0v) is 7.88. The molecule has 0 radical (unpaired) electrons. The summed E-state index contributed by atoms with van der Waals surface area (Å²) in [5, 5.41) is 0. The van der Waals surface area contributed by atoms with Crippen LogP contribution >= 0.6 is 0 Å². The summed E-state index contributed by atoms with van der Waals surface area (Å²) in [5.41, 5.74) is 4.93. The van der Waals surface area contributed by atoms with E-state index >= 15 is 0 Å². The van der Waals surface area contributed by atoms with Gasteiger partial charge in [-0.1, -0.05) is 12.1 Å². The fraction of sp³-hybridized carbons (Fsp3) is 0.400. The van der Waals surface area contributed by atoms with Crippen molar-refractivity contribution in [2.45, 2.75) is 19.4 Å². The molecule has 0 saturated carbocycles. The van der Waals surface area contributed by atoms with Gasteiger partial charge >= 0.3 is 0 Å². The molecular formula is C10H14FNO. The number of ether oxygens (including phenoxy) is 1. The van der Waals surface area contributed by atoms with E-state index in [1.54, 1.807) is 18.2 Å². The van der Waals surface area contributed by atoms with Crippen LogP contribution in [-0.2, 0) is 0 Å². The molecule has 0 aliphatic carbocycles. The Morgan fingerprint density at radius 1 is 1.38 bits per heavy atom. The average Bonchev–Trinajstić information content (AvgIpc) is 2.09. The minimum atomic E-state index is -0.526. The molecule has 13 heavy (non-hydrogen) atoms. The van der Waals surface area contributed by atoms with Gasteiger partial charge in [-0.05, 0) is 26.0 Å². The van der Waals surface area contributed by atoms with Crippen molar-refractivity contribution in [3.05, 3.63) is 30.1 Å². The minimum Gasteiger partial charge on any atom is -0.483 e. The third-order valence-electron chi connectivity index (χ3n) is 1.71. The van der Waals surface area contributed by atoms with Gasteiger partial charge in [-0.15, -0.1) is 0 Å². The summed E-state index contributed by atoms with van der Waals surface area (Å²) in [7, 11) is 0.